The van der Waals surface area contributed by atoms with Crippen molar-refractivity contribution < 1.29 is 19.6 Å². The molecule has 4 nitrogen and oxygen atoms in total. The minimum absolute atomic E-state index is 0.384. The average Bonchev–Trinajstić information content (AvgIpc) is 2.49. The molecule has 0 N–H and O–H groups in total. The van der Waals surface area contributed by atoms with Gasteiger partial charge in [-0.25, -0.2) is 0 Å². The second-order valence-corrected chi connectivity index (χ2v) is 4.89. The van der Waals surface area contributed by atoms with Gasteiger partial charge in [-0.3, -0.25) is 0 Å². The van der Waals surface area contributed by atoms with Crippen molar-refractivity contribution >= 4 is 0 Å². The molecule has 1 heterocycles. The summed E-state index contributed by atoms with van der Waals surface area (Å²) < 4.78 is 0. The molecule has 1 saturated heterocycles. The predicted molar refractivity (Wildman–Crippen MR) is 63.9 cm³/mol. The van der Waals surface area contributed by atoms with E-state index in [1.807, 2.05) is 30.3 Å². The highest BCUT2D eigenvalue weighted by Crippen LogP contribution is 2.33. The minimum atomic E-state index is -0.592. The van der Waals surface area contributed by atoms with E-state index in [4.69, 9.17) is 19.6 Å². The van der Waals surface area contributed by atoms with Crippen LogP contribution in [0.15, 0.2) is 30.3 Å². The monoisotopic (exact) mass is 250 g/mol. The van der Waals surface area contributed by atoms with Crippen LogP contribution in [0.3, 0.4) is 0 Å². The summed E-state index contributed by atoms with van der Waals surface area (Å²) in [6.07, 6.45) is 5.03. The van der Waals surface area contributed by atoms with Gasteiger partial charge >= 0.3 is 0 Å². The van der Waals surface area contributed by atoms with E-state index in [-0.39, 0.29) is 6.29 Å². The molecule has 0 amide bonds. The van der Waals surface area contributed by atoms with Gasteiger partial charge in [0.1, 0.15) is 0 Å². The fourth-order valence-electron chi connectivity index (χ4n) is 2.53. The van der Waals surface area contributed by atoms with Crippen molar-refractivity contribution in [3.63, 3.8) is 0 Å². The van der Waals surface area contributed by atoms with Crippen molar-refractivity contribution in [1.29, 1.82) is 0 Å². The normalized spacial score (nSPS) is 30.2. The Morgan fingerprint density at radius 2 is 1.44 bits per heavy atom. The first kappa shape index (κ1) is 12.1. The molecule has 0 unspecified atom stereocenters. The highest BCUT2D eigenvalue weighted by molar-refractivity contribution is 5.15. The maximum Gasteiger partial charge on any atom is 0.249 e. The Morgan fingerprint density at radius 1 is 0.778 bits per heavy atom. The lowest BCUT2D eigenvalue weighted by Gasteiger charge is -2.33. The molecule has 3 rings (SSSR count). The third-order valence-corrected chi connectivity index (χ3v) is 3.58. The van der Waals surface area contributed by atoms with E-state index >= 15 is 0 Å². The van der Waals surface area contributed by atoms with E-state index in [9.17, 15) is 0 Å². The first-order valence-electron chi connectivity index (χ1n) is 6.63. The van der Waals surface area contributed by atoms with E-state index in [1.54, 1.807) is 0 Å². The molecule has 0 atom stereocenters. The minimum Gasteiger partial charge on any atom is -0.198 e. The summed E-state index contributed by atoms with van der Waals surface area (Å²) in [5, 5.41) is 0. The van der Waals surface area contributed by atoms with Crippen molar-refractivity contribution in [2.24, 2.45) is 5.92 Å². The van der Waals surface area contributed by atoms with E-state index in [2.05, 4.69) is 0 Å². The van der Waals surface area contributed by atoms with Crippen LogP contribution in [-0.4, -0.2) is 6.29 Å². The van der Waals surface area contributed by atoms with Crippen molar-refractivity contribution in [3.8, 4) is 0 Å². The summed E-state index contributed by atoms with van der Waals surface area (Å²) in [6.45, 7) is 0. The van der Waals surface area contributed by atoms with Gasteiger partial charge in [-0.05, 0) is 12.8 Å². The zero-order valence-corrected chi connectivity index (χ0v) is 10.3. The van der Waals surface area contributed by atoms with E-state index in [1.165, 1.54) is 19.3 Å². The van der Waals surface area contributed by atoms with Crippen molar-refractivity contribution in [3.05, 3.63) is 35.9 Å². The van der Waals surface area contributed by atoms with Crippen LogP contribution < -0.4 is 0 Å². The van der Waals surface area contributed by atoms with Crippen LogP contribution >= 0.6 is 0 Å². The summed E-state index contributed by atoms with van der Waals surface area (Å²) in [5.41, 5.74) is 0.889. The van der Waals surface area contributed by atoms with Crippen LogP contribution in [0.4, 0.5) is 0 Å². The van der Waals surface area contributed by atoms with Crippen LogP contribution in [0.5, 0.6) is 0 Å². The van der Waals surface area contributed by atoms with Gasteiger partial charge in [0.2, 0.25) is 12.6 Å². The SMILES string of the molecule is c1ccc(C2OOC(C3CCCCC3)OO2)cc1. The van der Waals surface area contributed by atoms with Gasteiger partial charge in [0.05, 0.1) is 0 Å². The van der Waals surface area contributed by atoms with E-state index < -0.39 is 6.29 Å². The van der Waals surface area contributed by atoms with Crippen LogP contribution in [0.2, 0.25) is 0 Å². The second kappa shape index (κ2) is 5.80. The lowest BCUT2D eigenvalue weighted by Crippen LogP contribution is -2.34. The van der Waals surface area contributed by atoms with Gasteiger partial charge in [-0.2, -0.15) is 19.6 Å². The van der Waals surface area contributed by atoms with Crippen LogP contribution in [0.25, 0.3) is 0 Å². The number of rotatable bonds is 2. The van der Waals surface area contributed by atoms with Crippen molar-refractivity contribution in [2.45, 2.75) is 44.7 Å². The molecule has 1 aliphatic carbocycles. The van der Waals surface area contributed by atoms with Gasteiger partial charge in [-0.15, -0.1) is 0 Å². The summed E-state index contributed by atoms with van der Waals surface area (Å²) in [4.78, 5) is 21.2. The largest absolute Gasteiger partial charge is 0.249 e. The molecule has 0 bridgehead atoms. The second-order valence-electron chi connectivity index (χ2n) is 4.89. The van der Waals surface area contributed by atoms with Crippen molar-refractivity contribution in [1.82, 2.24) is 0 Å². The number of hydrogen-bond acceptors (Lipinski definition) is 4. The fourth-order valence-corrected chi connectivity index (χ4v) is 2.53. The maximum atomic E-state index is 5.34. The molecule has 18 heavy (non-hydrogen) atoms. The molecule has 2 aliphatic rings. The molecule has 98 valence electrons. The molecular weight excluding hydrogens is 232 g/mol. The lowest BCUT2D eigenvalue weighted by atomic mass is 9.89. The number of hydrogen-bond donors (Lipinski definition) is 0. The van der Waals surface area contributed by atoms with E-state index in [0.29, 0.717) is 5.92 Å². The summed E-state index contributed by atoms with van der Waals surface area (Å²) in [7, 11) is 0. The molecule has 1 aromatic rings. The van der Waals surface area contributed by atoms with Gasteiger partial charge in [0.25, 0.3) is 0 Å². The molecular formula is C14H18O4. The van der Waals surface area contributed by atoms with E-state index in [0.717, 1.165) is 18.4 Å². The molecule has 0 aromatic heterocycles. The van der Waals surface area contributed by atoms with Crippen LogP contribution in [0, 0.1) is 5.92 Å². The Hall–Kier alpha value is -0.940. The quantitative estimate of drug-likeness (QED) is 0.753. The summed E-state index contributed by atoms with van der Waals surface area (Å²) in [6, 6.07) is 9.63. The molecule has 0 radical (unpaired) electrons. The topological polar surface area (TPSA) is 36.9 Å². The Bertz CT molecular complexity index is 353. The molecule has 1 aliphatic heterocycles. The third kappa shape index (κ3) is 2.72. The molecule has 4 heteroatoms. The highest BCUT2D eigenvalue weighted by Gasteiger charge is 2.33. The van der Waals surface area contributed by atoms with Gasteiger partial charge in [0.15, 0.2) is 0 Å². The Kier molecular flexibility index (Phi) is 3.90. The smallest absolute Gasteiger partial charge is 0.198 e. The predicted octanol–water partition coefficient (Wildman–Crippen LogP) is 3.50. The first-order chi connectivity index (χ1) is 8.93. The number of benzene rings is 1. The summed E-state index contributed by atoms with van der Waals surface area (Å²) in [5.74, 6) is 0.385. The van der Waals surface area contributed by atoms with Gasteiger partial charge < -0.3 is 0 Å². The van der Waals surface area contributed by atoms with Crippen LogP contribution in [0.1, 0.15) is 44.0 Å². The molecule has 1 aromatic carbocycles. The van der Waals surface area contributed by atoms with Gasteiger partial charge in [-0.1, -0.05) is 49.6 Å². The zero-order chi connectivity index (χ0) is 12.2. The zero-order valence-electron chi connectivity index (χ0n) is 10.3. The molecule has 1 saturated carbocycles. The fraction of sp³-hybridized carbons (Fsp3) is 0.571. The maximum absolute atomic E-state index is 5.34. The van der Waals surface area contributed by atoms with Crippen molar-refractivity contribution in [2.75, 3.05) is 0 Å². The average molecular weight is 250 g/mol. The highest BCUT2D eigenvalue weighted by atomic mass is 17.4. The van der Waals surface area contributed by atoms with Gasteiger partial charge in [0, 0.05) is 11.5 Å². The Morgan fingerprint density at radius 3 is 2.11 bits per heavy atom. The molecule has 2 fully saturated rings. The first-order valence-corrected chi connectivity index (χ1v) is 6.63. The lowest BCUT2D eigenvalue weighted by molar-refractivity contribution is -0.602. The summed E-state index contributed by atoms with van der Waals surface area (Å²) >= 11 is 0. The third-order valence-electron chi connectivity index (χ3n) is 3.58. The Labute approximate surface area is 107 Å². The standard InChI is InChI=1S/C14H18O4/c1-3-7-11(8-4-1)13-15-17-14(18-16-13)12-9-5-2-6-10-12/h1,3-4,7-8,12-14H,2,5-6,9-10H2. The molecule has 0 spiro atoms. The Balaban J connectivity index is 1.54. The van der Waals surface area contributed by atoms with Crippen LogP contribution in [-0.2, 0) is 19.6 Å².